The fourth-order valence-electron chi connectivity index (χ4n) is 1.75. The number of hydrogen-bond acceptors (Lipinski definition) is 6. The molecule has 0 aliphatic heterocycles. The van der Waals surface area contributed by atoms with E-state index in [0.29, 0.717) is 5.75 Å². The predicted octanol–water partition coefficient (Wildman–Crippen LogP) is 2.26. The van der Waals surface area contributed by atoms with Gasteiger partial charge in [0.25, 0.3) is 10.0 Å². The van der Waals surface area contributed by atoms with Crippen LogP contribution in [0.15, 0.2) is 41.3 Å². The number of rotatable bonds is 5. The zero-order valence-electron chi connectivity index (χ0n) is 12.7. The molecule has 0 aliphatic carbocycles. The first-order valence-corrected chi connectivity index (χ1v) is 8.40. The second-order valence-corrected chi connectivity index (χ2v) is 6.48. The molecule has 0 aliphatic rings. The predicted molar refractivity (Wildman–Crippen MR) is 88.1 cm³/mol. The molecule has 24 heavy (non-hydrogen) atoms. The maximum absolute atomic E-state index is 12.2. The summed E-state index contributed by atoms with van der Waals surface area (Å²) in [5.74, 6) is 0.628. The number of nitrogens with one attached hydrogen (secondary N) is 2. The van der Waals surface area contributed by atoms with E-state index in [1.54, 1.807) is 6.07 Å². The van der Waals surface area contributed by atoms with Crippen LogP contribution < -0.4 is 19.5 Å². The van der Waals surface area contributed by atoms with E-state index in [1.165, 1.54) is 44.6 Å². The van der Waals surface area contributed by atoms with E-state index in [1.807, 2.05) is 4.72 Å². The molecular formula is C14H14ClN3O5S. The highest BCUT2D eigenvalue weighted by molar-refractivity contribution is 7.90. The first kappa shape index (κ1) is 17.8. The van der Waals surface area contributed by atoms with Crippen molar-refractivity contribution in [1.82, 2.24) is 9.71 Å². The summed E-state index contributed by atoms with van der Waals surface area (Å²) in [4.78, 5) is 15.7. The molecule has 2 rings (SSSR count). The van der Waals surface area contributed by atoms with Gasteiger partial charge < -0.3 is 9.47 Å². The number of amides is 2. The lowest BCUT2D eigenvalue weighted by Gasteiger charge is -2.11. The van der Waals surface area contributed by atoms with Gasteiger partial charge in [0, 0.05) is 12.1 Å². The van der Waals surface area contributed by atoms with E-state index in [9.17, 15) is 13.2 Å². The normalized spacial score (nSPS) is 10.8. The minimum atomic E-state index is -4.13. The lowest BCUT2D eigenvalue weighted by molar-refractivity contribution is 0.256. The number of pyridine rings is 1. The van der Waals surface area contributed by atoms with E-state index in [0.717, 1.165) is 0 Å². The summed E-state index contributed by atoms with van der Waals surface area (Å²) >= 11 is 5.84. The average Bonchev–Trinajstić information content (AvgIpc) is 2.53. The Morgan fingerprint density at radius 3 is 2.50 bits per heavy atom. The second kappa shape index (κ2) is 7.37. The third-order valence-corrected chi connectivity index (χ3v) is 4.65. The molecule has 0 saturated carbocycles. The molecule has 1 aromatic carbocycles. The Hall–Kier alpha value is -2.52. The Kier molecular flexibility index (Phi) is 5.47. The highest BCUT2D eigenvalue weighted by atomic mass is 35.5. The lowest BCUT2D eigenvalue weighted by atomic mass is 10.4. The number of hydrogen-bond donors (Lipinski definition) is 2. The molecule has 0 spiro atoms. The number of carbonyl (C=O) groups is 1. The van der Waals surface area contributed by atoms with Gasteiger partial charge in [-0.25, -0.2) is 17.9 Å². The Bertz CT molecular complexity index is 835. The molecule has 2 N–H and O–H groups in total. The average molecular weight is 372 g/mol. The zero-order valence-corrected chi connectivity index (χ0v) is 14.3. The number of anilines is 1. The summed E-state index contributed by atoms with van der Waals surface area (Å²) in [6, 6.07) is 7.67. The summed E-state index contributed by atoms with van der Waals surface area (Å²) < 4.78 is 36.2. The van der Waals surface area contributed by atoms with E-state index < -0.39 is 16.1 Å². The molecule has 0 atom stereocenters. The molecule has 1 aromatic heterocycles. The van der Waals surface area contributed by atoms with Gasteiger partial charge in [-0.15, -0.1) is 0 Å². The number of nitrogens with zero attached hydrogens (tertiary/aromatic N) is 1. The summed E-state index contributed by atoms with van der Waals surface area (Å²) in [5.41, 5.74) is 0. The van der Waals surface area contributed by atoms with Gasteiger partial charge in [0.2, 0.25) is 5.88 Å². The van der Waals surface area contributed by atoms with Gasteiger partial charge in [0.15, 0.2) is 0 Å². The van der Waals surface area contributed by atoms with Crippen LogP contribution in [0.25, 0.3) is 0 Å². The minimum Gasteiger partial charge on any atom is -0.496 e. The first-order valence-electron chi connectivity index (χ1n) is 6.54. The molecule has 0 fully saturated rings. The van der Waals surface area contributed by atoms with Crippen LogP contribution in [0.1, 0.15) is 0 Å². The largest absolute Gasteiger partial charge is 0.496 e. The van der Waals surface area contributed by atoms with Crippen molar-refractivity contribution < 1.29 is 22.7 Å². The van der Waals surface area contributed by atoms with Crippen LogP contribution in [0.5, 0.6) is 11.6 Å². The highest BCUT2D eigenvalue weighted by Gasteiger charge is 2.20. The molecule has 2 amide bonds. The van der Waals surface area contributed by atoms with Crippen LogP contribution in [0.3, 0.4) is 0 Å². The van der Waals surface area contributed by atoms with Gasteiger partial charge in [-0.3, -0.25) is 5.32 Å². The van der Waals surface area contributed by atoms with Crippen molar-refractivity contribution in [1.29, 1.82) is 0 Å². The molecule has 128 valence electrons. The van der Waals surface area contributed by atoms with Gasteiger partial charge in [-0.1, -0.05) is 23.7 Å². The molecular weight excluding hydrogens is 358 g/mol. The molecule has 0 radical (unpaired) electrons. The van der Waals surface area contributed by atoms with E-state index in [-0.39, 0.29) is 21.6 Å². The molecule has 2 aromatic rings. The lowest BCUT2D eigenvalue weighted by Crippen LogP contribution is -2.34. The summed E-state index contributed by atoms with van der Waals surface area (Å²) in [6.07, 6.45) is 0. The number of methoxy groups -OCH3 is 2. The van der Waals surface area contributed by atoms with Gasteiger partial charge in [-0.2, -0.15) is 4.98 Å². The molecule has 1 heterocycles. The van der Waals surface area contributed by atoms with Crippen LogP contribution in [-0.4, -0.2) is 33.7 Å². The second-order valence-electron chi connectivity index (χ2n) is 4.42. The SMILES string of the molecule is COc1cc(NC(=O)NS(=O)(=O)c2ccccc2Cl)nc(OC)c1. The number of sulfonamides is 1. The molecule has 0 unspecified atom stereocenters. The molecule has 0 saturated heterocycles. The van der Waals surface area contributed by atoms with Crippen molar-refractivity contribution in [2.45, 2.75) is 4.90 Å². The van der Waals surface area contributed by atoms with Crippen molar-refractivity contribution in [2.24, 2.45) is 0 Å². The fraction of sp³-hybridized carbons (Fsp3) is 0.143. The van der Waals surface area contributed by atoms with Crippen LogP contribution in [-0.2, 0) is 10.0 Å². The van der Waals surface area contributed by atoms with Crippen molar-refractivity contribution in [3.05, 3.63) is 41.4 Å². The maximum atomic E-state index is 12.2. The van der Waals surface area contributed by atoms with Gasteiger partial charge in [-0.05, 0) is 12.1 Å². The van der Waals surface area contributed by atoms with Gasteiger partial charge >= 0.3 is 6.03 Å². The van der Waals surface area contributed by atoms with Crippen molar-refractivity contribution in [2.75, 3.05) is 19.5 Å². The van der Waals surface area contributed by atoms with Crippen LogP contribution in [0.4, 0.5) is 10.6 Å². The summed E-state index contributed by atoms with van der Waals surface area (Å²) in [5, 5.41) is 2.29. The van der Waals surface area contributed by atoms with Gasteiger partial charge in [0.05, 0.1) is 19.2 Å². The van der Waals surface area contributed by atoms with Crippen molar-refractivity contribution >= 4 is 33.5 Å². The van der Waals surface area contributed by atoms with Gasteiger partial charge in [0.1, 0.15) is 16.5 Å². The Morgan fingerprint density at radius 2 is 1.88 bits per heavy atom. The Balaban J connectivity index is 2.18. The summed E-state index contributed by atoms with van der Waals surface area (Å²) in [7, 11) is -1.30. The standard InChI is InChI=1S/C14H14ClN3O5S/c1-22-9-7-12(16-13(8-9)23-2)17-14(19)18-24(20,21)11-6-4-3-5-10(11)15/h3-8H,1-2H3,(H2,16,17,18,19). The molecule has 0 bridgehead atoms. The van der Waals surface area contributed by atoms with Crippen molar-refractivity contribution in [3.8, 4) is 11.6 Å². The number of benzene rings is 1. The number of aromatic nitrogens is 1. The van der Waals surface area contributed by atoms with E-state index in [2.05, 4.69) is 10.3 Å². The minimum absolute atomic E-state index is 0.000949. The third-order valence-electron chi connectivity index (χ3n) is 2.82. The Labute approximate surface area is 143 Å². The maximum Gasteiger partial charge on any atom is 0.334 e. The van der Waals surface area contributed by atoms with Crippen LogP contribution >= 0.6 is 11.6 Å². The van der Waals surface area contributed by atoms with E-state index >= 15 is 0 Å². The van der Waals surface area contributed by atoms with Crippen LogP contribution in [0, 0.1) is 0 Å². The quantitative estimate of drug-likeness (QED) is 0.834. The monoisotopic (exact) mass is 371 g/mol. The molecule has 10 heteroatoms. The number of carbonyl (C=O) groups excluding carboxylic acids is 1. The van der Waals surface area contributed by atoms with Crippen molar-refractivity contribution in [3.63, 3.8) is 0 Å². The number of urea groups is 1. The number of halogens is 1. The smallest absolute Gasteiger partial charge is 0.334 e. The van der Waals surface area contributed by atoms with E-state index in [4.69, 9.17) is 21.1 Å². The Morgan fingerprint density at radius 1 is 1.17 bits per heavy atom. The number of ether oxygens (including phenoxy) is 2. The first-order chi connectivity index (χ1) is 11.4. The summed E-state index contributed by atoms with van der Waals surface area (Å²) in [6.45, 7) is 0. The molecule has 8 nitrogen and oxygen atoms in total. The highest BCUT2D eigenvalue weighted by Crippen LogP contribution is 2.22. The van der Waals surface area contributed by atoms with Crippen LogP contribution in [0.2, 0.25) is 5.02 Å². The zero-order chi connectivity index (χ0) is 17.7. The topological polar surface area (TPSA) is 107 Å². The fourth-order valence-corrected chi connectivity index (χ4v) is 3.18. The third kappa shape index (κ3) is 4.27.